The first-order valence-corrected chi connectivity index (χ1v) is 6.45. The predicted molar refractivity (Wildman–Crippen MR) is 72.1 cm³/mol. The van der Waals surface area contributed by atoms with E-state index in [1.807, 2.05) is 12.1 Å². The van der Waals surface area contributed by atoms with Gasteiger partial charge in [-0.2, -0.15) is 5.26 Å². The fraction of sp³-hybridized carbons (Fsp3) is 0.500. The van der Waals surface area contributed by atoms with Crippen LogP contribution in [0.3, 0.4) is 0 Å². The van der Waals surface area contributed by atoms with Crippen molar-refractivity contribution >= 4 is 0 Å². The number of phenolic OH excluding ortho intramolecular Hbond substituents is 1. The van der Waals surface area contributed by atoms with E-state index in [2.05, 4.69) is 16.3 Å². The van der Waals surface area contributed by atoms with Gasteiger partial charge in [0.05, 0.1) is 25.6 Å². The van der Waals surface area contributed by atoms with Crippen LogP contribution >= 0.6 is 0 Å². The Morgan fingerprint density at radius 3 is 2.84 bits per heavy atom. The third kappa shape index (κ3) is 2.98. The quantitative estimate of drug-likeness (QED) is 0.854. The van der Waals surface area contributed by atoms with Gasteiger partial charge in [0, 0.05) is 31.7 Å². The van der Waals surface area contributed by atoms with Gasteiger partial charge in [-0.3, -0.25) is 4.90 Å². The van der Waals surface area contributed by atoms with Gasteiger partial charge in [0.1, 0.15) is 0 Å². The molecule has 1 aromatic rings. The first-order valence-electron chi connectivity index (χ1n) is 6.45. The number of piperazine rings is 1. The van der Waals surface area contributed by atoms with Gasteiger partial charge in [0.25, 0.3) is 0 Å². The van der Waals surface area contributed by atoms with Gasteiger partial charge in [-0.05, 0) is 6.07 Å². The van der Waals surface area contributed by atoms with Crippen molar-refractivity contribution in [1.82, 2.24) is 10.2 Å². The third-order valence-corrected chi connectivity index (χ3v) is 3.49. The smallest absolute Gasteiger partial charge is 0.162 e. The highest BCUT2D eigenvalue weighted by Crippen LogP contribution is 2.37. The van der Waals surface area contributed by atoms with E-state index in [0.29, 0.717) is 12.2 Å². The minimum atomic E-state index is -0.0813. The molecule has 0 aromatic heterocycles. The molecule has 1 aliphatic heterocycles. The van der Waals surface area contributed by atoms with Crippen LogP contribution in [0.2, 0.25) is 0 Å². The highest BCUT2D eigenvalue weighted by Gasteiger charge is 2.25. The Balaban J connectivity index is 2.30. The zero-order chi connectivity index (χ0) is 13.7. The summed E-state index contributed by atoms with van der Waals surface area (Å²) in [7, 11) is 1.53. The number of nitriles is 1. The van der Waals surface area contributed by atoms with E-state index in [1.54, 1.807) is 6.07 Å². The zero-order valence-electron chi connectivity index (χ0n) is 11.1. The second-order valence-electron chi connectivity index (χ2n) is 4.56. The van der Waals surface area contributed by atoms with Gasteiger partial charge >= 0.3 is 0 Å². The minimum Gasteiger partial charge on any atom is -0.504 e. The van der Waals surface area contributed by atoms with Gasteiger partial charge < -0.3 is 15.2 Å². The van der Waals surface area contributed by atoms with E-state index in [-0.39, 0.29) is 11.8 Å². The van der Waals surface area contributed by atoms with E-state index >= 15 is 0 Å². The van der Waals surface area contributed by atoms with Crippen LogP contribution in [0.4, 0.5) is 0 Å². The number of nitrogens with one attached hydrogen (secondary N) is 1. The summed E-state index contributed by atoms with van der Waals surface area (Å²) in [5.41, 5.74) is 0.766. The van der Waals surface area contributed by atoms with Crippen LogP contribution in [0.1, 0.15) is 18.0 Å². The van der Waals surface area contributed by atoms with Crippen LogP contribution in [0.25, 0.3) is 0 Å². The first-order chi connectivity index (χ1) is 9.27. The summed E-state index contributed by atoms with van der Waals surface area (Å²) in [6.07, 6.45) is 0.362. The number of rotatable bonds is 4. The lowest BCUT2D eigenvalue weighted by Crippen LogP contribution is -2.45. The molecule has 19 heavy (non-hydrogen) atoms. The number of nitrogens with zero attached hydrogens (tertiary/aromatic N) is 2. The molecule has 1 fully saturated rings. The maximum Gasteiger partial charge on any atom is 0.162 e. The molecule has 1 aromatic carbocycles. The Kier molecular flexibility index (Phi) is 4.61. The standard InChI is InChI=1S/C14H19N3O2/c1-19-13-4-2-3-11(14(13)18)12(5-6-15)17-9-7-16-8-10-17/h2-4,12,16,18H,5,7-10H2,1H3/t12-/m1/s1. The molecule has 0 spiro atoms. The molecule has 1 heterocycles. The first kappa shape index (κ1) is 13.7. The molecule has 1 atom stereocenters. The Morgan fingerprint density at radius 2 is 2.21 bits per heavy atom. The number of aromatic hydroxyl groups is 1. The van der Waals surface area contributed by atoms with E-state index in [4.69, 9.17) is 10.00 Å². The van der Waals surface area contributed by atoms with E-state index in [0.717, 1.165) is 31.7 Å². The molecule has 1 saturated heterocycles. The summed E-state index contributed by atoms with van der Waals surface area (Å²) in [6, 6.07) is 7.57. The lowest BCUT2D eigenvalue weighted by Gasteiger charge is -2.34. The number of benzene rings is 1. The molecule has 0 bridgehead atoms. The molecule has 5 heteroatoms. The average Bonchev–Trinajstić information content (AvgIpc) is 2.46. The molecule has 1 aliphatic rings. The average molecular weight is 261 g/mol. The molecule has 2 N–H and O–H groups in total. The third-order valence-electron chi connectivity index (χ3n) is 3.49. The summed E-state index contributed by atoms with van der Waals surface area (Å²) in [5, 5.41) is 22.6. The molecule has 0 amide bonds. The fourth-order valence-electron chi connectivity index (χ4n) is 2.49. The summed E-state index contributed by atoms with van der Waals surface area (Å²) in [4.78, 5) is 2.23. The lowest BCUT2D eigenvalue weighted by atomic mass is 10.00. The Morgan fingerprint density at radius 1 is 1.47 bits per heavy atom. The normalized spacial score (nSPS) is 17.7. The predicted octanol–water partition coefficient (Wildman–Crippen LogP) is 1.26. The van der Waals surface area contributed by atoms with Crippen molar-refractivity contribution in [3.8, 4) is 17.6 Å². The Hall–Kier alpha value is -1.77. The number of phenols is 1. The van der Waals surface area contributed by atoms with Crippen molar-refractivity contribution in [2.24, 2.45) is 0 Å². The highest BCUT2D eigenvalue weighted by atomic mass is 16.5. The largest absolute Gasteiger partial charge is 0.504 e. The molecule has 102 valence electrons. The van der Waals surface area contributed by atoms with Crippen LogP contribution in [0.5, 0.6) is 11.5 Å². The number of hydrogen-bond acceptors (Lipinski definition) is 5. The molecule has 2 rings (SSSR count). The van der Waals surface area contributed by atoms with Gasteiger partial charge in [0.2, 0.25) is 0 Å². The monoisotopic (exact) mass is 261 g/mol. The number of methoxy groups -OCH3 is 1. The maximum atomic E-state index is 10.2. The minimum absolute atomic E-state index is 0.0813. The fourth-order valence-corrected chi connectivity index (χ4v) is 2.49. The molecule has 0 aliphatic carbocycles. The Bertz CT molecular complexity index is 464. The van der Waals surface area contributed by atoms with Crippen molar-refractivity contribution in [2.75, 3.05) is 33.3 Å². The lowest BCUT2D eigenvalue weighted by molar-refractivity contribution is 0.172. The van der Waals surface area contributed by atoms with Crippen LogP contribution in [0.15, 0.2) is 18.2 Å². The summed E-state index contributed by atoms with van der Waals surface area (Å²) in [5.74, 6) is 0.597. The van der Waals surface area contributed by atoms with E-state index < -0.39 is 0 Å². The van der Waals surface area contributed by atoms with Crippen LogP contribution < -0.4 is 10.1 Å². The van der Waals surface area contributed by atoms with Crippen LogP contribution in [-0.4, -0.2) is 43.3 Å². The van der Waals surface area contributed by atoms with Crippen molar-refractivity contribution in [3.63, 3.8) is 0 Å². The molecule has 5 nitrogen and oxygen atoms in total. The van der Waals surface area contributed by atoms with E-state index in [9.17, 15) is 5.11 Å². The Labute approximate surface area is 113 Å². The summed E-state index contributed by atoms with van der Waals surface area (Å²) >= 11 is 0. The second kappa shape index (κ2) is 6.41. The number of hydrogen-bond donors (Lipinski definition) is 2. The highest BCUT2D eigenvalue weighted by molar-refractivity contribution is 5.47. The van der Waals surface area contributed by atoms with Crippen LogP contribution in [-0.2, 0) is 0 Å². The van der Waals surface area contributed by atoms with Crippen molar-refractivity contribution < 1.29 is 9.84 Å². The van der Waals surface area contributed by atoms with Crippen molar-refractivity contribution in [3.05, 3.63) is 23.8 Å². The number of para-hydroxylation sites is 1. The topological polar surface area (TPSA) is 68.5 Å². The molecule has 0 radical (unpaired) electrons. The molecular weight excluding hydrogens is 242 g/mol. The summed E-state index contributed by atoms with van der Waals surface area (Å²) < 4.78 is 5.14. The molecular formula is C14H19N3O2. The van der Waals surface area contributed by atoms with Crippen LogP contribution in [0, 0.1) is 11.3 Å². The van der Waals surface area contributed by atoms with Gasteiger partial charge in [-0.25, -0.2) is 0 Å². The van der Waals surface area contributed by atoms with Gasteiger partial charge in [0.15, 0.2) is 11.5 Å². The maximum absolute atomic E-state index is 10.2. The molecule has 0 saturated carbocycles. The zero-order valence-corrected chi connectivity index (χ0v) is 11.1. The van der Waals surface area contributed by atoms with Gasteiger partial charge in [-0.1, -0.05) is 12.1 Å². The number of ether oxygens (including phenoxy) is 1. The van der Waals surface area contributed by atoms with Gasteiger partial charge in [-0.15, -0.1) is 0 Å². The second-order valence-corrected chi connectivity index (χ2v) is 4.56. The van der Waals surface area contributed by atoms with E-state index in [1.165, 1.54) is 7.11 Å². The van der Waals surface area contributed by atoms with Crippen molar-refractivity contribution in [2.45, 2.75) is 12.5 Å². The SMILES string of the molecule is COc1cccc([C@@H](CC#N)N2CCNCC2)c1O. The molecule has 0 unspecified atom stereocenters. The summed E-state index contributed by atoms with van der Waals surface area (Å²) in [6.45, 7) is 3.57. The van der Waals surface area contributed by atoms with Crippen molar-refractivity contribution in [1.29, 1.82) is 5.26 Å².